The standard InChI is InChI=1S/C34H36N2O4/c1-35(2)32(37)12-7-20-36-21-19-29(23-36)40-28-16-13-25(14-17-28)33-30(24-8-4-3-5-9-24)11-6-10-26-22-27(34(38)39)15-18-31(26)33/h3-5,7-9,12-18,22,29H,6,10-11,19-21,23H2,1-2H3,(H,38,39)/b12-7+/t29-/m0/s1. The molecule has 1 fully saturated rings. The number of carbonyl (C=O) groups excluding carboxylic acids is 1. The lowest BCUT2D eigenvalue weighted by molar-refractivity contribution is -0.123. The number of hydrogen-bond donors (Lipinski definition) is 1. The number of allylic oxidation sites excluding steroid dienone is 1. The van der Waals surface area contributed by atoms with E-state index in [0.29, 0.717) is 5.56 Å². The Balaban J connectivity index is 1.37. The van der Waals surface area contributed by atoms with E-state index in [-0.39, 0.29) is 12.0 Å². The van der Waals surface area contributed by atoms with Gasteiger partial charge in [0.05, 0.1) is 5.56 Å². The van der Waals surface area contributed by atoms with Crippen LogP contribution in [0.25, 0.3) is 11.1 Å². The SMILES string of the molecule is CN(C)C(=O)/C=C/CN1CC[C@H](Oc2ccc(C3=C(c4ccccc4)CCCc4cc(C(=O)O)ccc43)cc2)C1. The molecular formula is C34H36N2O4. The number of amides is 1. The summed E-state index contributed by atoms with van der Waals surface area (Å²) in [4.78, 5) is 27.3. The fraction of sp³-hybridized carbons (Fsp3) is 0.294. The molecule has 1 amide bonds. The second kappa shape index (κ2) is 12.3. The van der Waals surface area contributed by atoms with Gasteiger partial charge in [-0.15, -0.1) is 0 Å². The summed E-state index contributed by atoms with van der Waals surface area (Å²) in [5.41, 5.74) is 7.24. The Labute approximate surface area is 236 Å². The Morgan fingerprint density at radius 2 is 1.77 bits per heavy atom. The number of aryl methyl sites for hydroxylation is 1. The van der Waals surface area contributed by atoms with E-state index in [0.717, 1.165) is 73.3 Å². The molecule has 0 bridgehead atoms. The first-order valence-electron chi connectivity index (χ1n) is 13.9. The van der Waals surface area contributed by atoms with Crippen LogP contribution in [0.5, 0.6) is 5.75 Å². The fourth-order valence-electron chi connectivity index (χ4n) is 5.58. The molecule has 206 valence electrons. The van der Waals surface area contributed by atoms with E-state index in [4.69, 9.17) is 4.74 Å². The minimum absolute atomic E-state index is 0.00348. The molecule has 1 heterocycles. The molecule has 1 aliphatic carbocycles. The summed E-state index contributed by atoms with van der Waals surface area (Å²) < 4.78 is 6.34. The number of ether oxygens (including phenoxy) is 1. The molecule has 5 rings (SSSR count). The molecule has 0 spiro atoms. The lowest BCUT2D eigenvalue weighted by Crippen LogP contribution is -2.25. The summed E-state index contributed by atoms with van der Waals surface area (Å²) in [6.07, 6.45) is 7.31. The van der Waals surface area contributed by atoms with E-state index >= 15 is 0 Å². The van der Waals surface area contributed by atoms with Crippen LogP contribution < -0.4 is 4.74 Å². The molecule has 0 radical (unpaired) electrons. The Hall–Kier alpha value is -4.16. The van der Waals surface area contributed by atoms with Gasteiger partial charge in [0.25, 0.3) is 0 Å². The first-order valence-corrected chi connectivity index (χ1v) is 13.9. The molecule has 3 aromatic rings. The molecule has 2 aliphatic rings. The summed E-state index contributed by atoms with van der Waals surface area (Å²) in [7, 11) is 3.50. The lowest BCUT2D eigenvalue weighted by atomic mass is 9.87. The summed E-state index contributed by atoms with van der Waals surface area (Å²) in [5.74, 6) is -0.0620. The highest BCUT2D eigenvalue weighted by Crippen LogP contribution is 2.40. The minimum Gasteiger partial charge on any atom is -0.489 e. The molecule has 6 heteroatoms. The van der Waals surface area contributed by atoms with Crippen LogP contribution in [0, 0.1) is 0 Å². The number of nitrogens with zero attached hydrogens (tertiary/aromatic N) is 2. The summed E-state index contributed by atoms with van der Waals surface area (Å²) >= 11 is 0. The van der Waals surface area contributed by atoms with Crippen LogP contribution >= 0.6 is 0 Å². The number of carbonyl (C=O) groups is 2. The van der Waals surface area contributed by atoms with Crippen LogP contribution in [0.3, 0.4) is 0 Å². The number of hydrogen-bond acceptors (Lipinski definition) is 4. The Kier molecular flexibility index (Phi) is 8.46. The largest absolute Gasteiger partial charge is 0.489 e. The monoisotopic (exact) mass is 536 g/mol. The number of fused-ring (bicyclic) bond motifs is 1. The van der Waals surface area contributed by atoms with Crippen molar-refractivity contribution in [2.75, 3.05) is 33.7 Å². The predicted molar refractivity (Wildman–Crippen MR) is 158 cm³/mol. The van der Waals surface area contributed by atoms with Gasteiger partial charge in [-0.1, -0.05) is 54.6 Å². The van der Waals surface area contributed by atoms with Crippen molar-refractivity contribution in [1.29, 1.82) is 0 Å². The van der Waals surface area contributed by atoms with Crippen molar-refractivity contribution in [1.82, 2.24) is 9.80 Å². The zero-order chi connectivity index (χ0) is 28.1. The van der Waals surface area contributed by atoms with E-state index in [9.17, 15) is 14.7 Å². The zero-order valence-corrected chi connectivity index (χ0v) is 23.2. The van der Waals surface area contributed by atoms with Gasteiger partial charge in [0.2, 0.25) is 5.91 Å². The van der Waals surface area contributed by atoms with Crippen molar-refractivity contribution in [2.24, 2.45) is 0 Å². The van der Waals surface area contributed by atoms with Crippen molar-refractivity contribution < 1.29 is 19.4 Å². The summed E-state index contributed by atoms with van der Waals surface area (Å²) in [6, 6.07) is 24.3. The molecule has 40 heavy (non-hydrogen) atoms. The predicted octanol–water partition coefficient (Wildman–Crippen LogP) is 5.78. The second-order valence-corrected chi connectivity index (χ2v) is 10.7. The van der Waals surface area contributed by atoms with Crippen molar-refractivity contribution in [2.45, 2.75) is 31.8 Å². The van der Waals surface area contributed by atoms with E-state index < -0.39 is 5.97 Å². The van der Waals surface area contributed by atoms with E-state index in [1.165, 1.54) is 11.1 Å². The van der Waals surface area contributed by atoms with Crippen LogP contribution in [-0.4, -0.2) is 66.6 Å². The number of carboxylic acid groups (broad SMARTS) is 1. The maximum Gasteiger partial charge on any atom is 0.335 e. The Morgan fingerprint density at radius 3 is 2.50 bits per heavy atom. The van der Waals surface area contributed by atoms with Crippen molar-refractivity contribution in [3.63, 3.8) is 0 Å². The van der Waals surface area contributed by atoms with Crippen LogP contribution in [-0.2, 0) is 11.2 Å². The highest BCUT2D eigenvalue weighted by molar-refractivity contribution is 6.00. The van der Waals surface area contributed by atoms with Crippen LogP contribution in [0.4, 0.5) is 0 Å². The smallest absolute Gasteiger partial charge is 0.335 e. The molecule has 0 aromatic heterocycles. The third-order valence-corrected chi connectivity index (χ3v) is 7.66. The van der Waals surface area contributed by atoms with Crippen molar-refractivity contribution in [3.8, 4) is 5.75 Å². The number of benzene rings is 3. The lowest BCUT2D eigenvalue weighted by Gasteiger charge is -2.18. The van der Waals surface area contributed by atoms with E-state index in [1.54, 1.807) is 31.1 Å². The van der Waals surface area contributed by atoms with Gasteiger partial charge in [-0.2, -0.15) is 0 Å². The number of rotatable bonds is 8. The number of likely N-dealkylation sites (tertiary alicyclic amines) is 1. The summed E-state index contributed by atoms with van der Waals surface area (Å²) in [6.45, 7) is 2.49. The van der Waals surface area contributed by atoms with Gasteiger partial charge >= 0.3 is 5.97 Å². The van der Waals surface area contributed by atoms with Crippen molar-refractivity contribution >= 4 is 23.0 Å². The van der Waals surface area contributed by atoms with Crippen LogP contribution in [0.15, 0.2) is 84.9 Å². The fourth-order valence-corrected chi connectivity index (χ4v) is 5.58. The van der Waals surface area contributed by atoms with Gasteiger partial charge in [-0.05, 0) is 83.3 Å². The first-order chi connectivity index (χ1) is 19.4. The Bertz CT molecular complexity index is 1420. The normalized spacial score (nSPS) is 17.5. The zero-order valence-electron chi connectivity index (χ0n) is 23.2. The quantitative estimate of drug-likeness (QED) is 0.370. The number of aromatic carboxylic acids is 1. The molecule has 1 atom stereocenters. The molecule has 1 N–H and O–H groups in total. The molecule has 0 saturated carbocycles. The third-order valence-electron chi connectivity index (χ3n) is 7.66. The van der Waals surface area contributed by atoms with Gasteiger partial charge in [-0.25, -0.2) is 4.79 Å². The number of likely N-dealkylation sites (N-methyl/N-ethyl adjacent to an activating group) is 1. The van der Waals surface area contributed by atoms with Crippen molar-refractivity contribution in [3.05, 3.63) is 113 Å². The van der Waals surface area contributed by atoms with E-state index in [1.807, 2.05) is 36.4 Å². The maximum absolute atomic E-state index is 11.8. The van der Waals surface area contributed by atoms with Gasteiger partial charge in [0.15, 0.2) is 0 Å². The molecule has 1 saturated heterocycles. The molecule has 6 nitrogen and oxygen atoms in total. The molecule has 3 aromatic carbocycles. The first kappa shape index (κ1) is 27.4. The average molecular weight is 537 g/mol. The third kappa shape index (κ3) is 6.35. The maximum atomic E-state index is 11.8. The molecular weight excluding hydrogens is 500 g/mol. The highest BCUT2D eigenvalue weighted by atomic mass is 16.5. The average Bonchev–Trinajstić information content (AvgIpc) is 3.31. The highest BCUT2D eigenvalue weighted by Gasteiger charge is 2.24. The van der Waals surface area contributed by atoms with Gasteiger partial charge in [-0.3, -0.25) is 9.69 Å². The van der Waals surface area contributed by atoms with Crippen LogP contribution in [0.1, 0.15) is 51.9 Å². The van der Waals surface area contributed by atoms with Gasteiger partial charge in [0.1, 0.15) is 11.9 Å². The Morgan fingerprint density at radius 1 is 1.00 bits per heavy atom. The van der Waals surface area contributed by atoms with E-state index in [2.05, 4.69) is 41.3 Å². The summed E-state index contributed by atoms with van der Waals surface area (Å²) in [5, 5.41) is 9.57. The van der Waals surface area contributed by atoms with Crippen LogP contribution in [0.2, 0.25) is 0 Å². The number of carboxylic acids is 1. The topological polar surface area (TPSA) is 70.1 Å². The second-order valence-electron chi connectivity index (χ2n) is 10.7. The molecule has 1 aliphatic heterocycles. The van der Waals surface area contributed by atoms with Gasteiger partial charge in [0, 0.05) is 39.8 Å². The molecule has 0 unspecified atom stereocenters. The van der Waals surface area contributed by atoms with Gasteiger partial charge < -0.3 is 14.7 Å². The minimum atomic E-state index is -0.897.